The molecule has 3 N–H and O–H groups in total. The molecule has 23 heavy (non-hydrogen) atoms. The van der Waals surface area contributed by atoms with Gasteiger partial charge in [0.2, 0.25) is 0 Å². The normalized spacial score (nSPS) is 15.5. The molecule has 7 heteroatoms. The number of likely N-dealkylation sites (tertiary alicyclic amines) is 1. The summed E-state index contributed by atoms with van der Waals surface area (Å²) in [6.45, 7) is 3.89. The summed E-state index contributed by atoms with van der Waals surface area (Å²) in [5, 5.41) is 10.2. The lowest BCUT2D eigenvalue weighted by Gasteiger charge is -2.26. The lowest BCUT2D eigenvalue weighted by molar-refractivity contribution is 0.0996. The maximum atomic E-state index is 11.4. The molecular formula is C16H21N5O2. The molecule has 1 fully saturated rings. The van der Waals surface area contributed by atoms with Gasteiger partial charge in [0.1, 0.15) is 18.1 Å². The molecule has 1 aliphatic heterocycles. The third kappa shape index (κ3) is 3.87. The Morgan fingerprint density at radius 1 is 1.26 bits per heavy atom. The van der Waals surface area contributed by atoms with Gasteiger partial charge in [-0.05, 0) is 38.1 Å². The Kier molecular flexibility index (Phi) is 4.87. The third-order valence-electron chi connectivity index (χ3n) is 4.01. The van der Waals surface area contributed by atoms with Crippen LogP contribution < -0.4 is 10.5 Å². The Hall–Kier alpha value is -2.41. The number of rotatable bonds is 6. The highest BCUT2D eigenvalue weighted by Gasteiger charge is 2.15. The van der Waals surface area contributed by atoms with E-state index in [9.17, 15) is 4.79 Å². The Morgan fingerprint density at radius 3 is 2.87 bits per heavy atom. The van der Waals surface area contributed by atoms with E-state index < -0.39 is 5.91 Å². The van der Waals surface area contributed by atoms with Crippen LogP contribution in [-0.4, -0.2) is 52.5 Å². The molecule has 0 spiro atoms. The van der Waals surface area contributed by atoms with Crippen LogP contribution in [0.25, 0.3) is 11.3 Å². The molecule has 1 aromatic heterocycles. The number of piperidine rings is 1. The van der Waals surface area contributed by atoms with E-state index in [2.05, 4.69) is 20.3 Å². The second-order valence-electron chi connectivity index (χ2n) is 5.66. The van der Waals surface area contributed by atoms with Crippen LogP contribution in [0.4, 0.5) is 0 Å². The summed E-state index contributed by atoms with van der Waals surface area (Å²) in [6, 6.07) is 7.46. The highest BCUT2D eigenvalue weighted by Crippen LogP contribution is 2.24. The van der Waals surface area contributed by atoms with E-state index in [1.807, 2.05) is 24.3 Å². The van der Waals surface area contributed by atoms with Crippen LogP contribution in [0.15, 0.2) is 24.3 Å². The van der Waals surface area contributed by atoms with E-state index >= 15 is 0 Å². The van der Waals surface area contributed by atoms with Gasteiger partial charge >= 0.3 is 0 Å². The number of primary amides is 1. The maximum Gasteiger partial charge on any atom is 0.271 e. The summed E-state index contributed by atoms with van der Waals surface area (Å²) in [5.74, 6) is 0.142. The summed E-state index contributed by atoms with van der Waals surface area (Å²) in [7, 11) is 0. The lowest BCUT2D eigenvalue weighted by Crippen LogP contribution is -2.33. The first kappa shape index (κ1) is 15.5. The van der Waals surface area contributed by atoms with Crippen molar-refractivity contribution >= 4 is 5.91 Å². The van der Waals surface area contributed by atoms with Gasteiger partial charge in [-0.2, -0.15) is 15.4 Å². The molecule has 1 aromatic carbocycles. The highest BCUT2D eigenvalue weighted by molar-refractivity contribution is 5.96. The number of carbonyl (C=O) groups is 1. The first-order valence-corrected chi connectivity index (χ1v) is 7.90. The van der Waals surface area contributed by atoms with Crippen LogP contribution in [0.2, 0.25) is 0 Å². The summed E-state index contributed by atoms with van der Waals surface area (Å²) in [4.78, 5) is 13.8. The van der Waals surface area contributed by atoms with Crippen molar-refractivity contribution in [3.8, 4) is 17.0 Å². The number of benzene rings is 1. The van der Waals surface area contributed by atoms with Crippen LogP contribution >= 0.6 is 0 Å². The zero-order valence-electron chi connectivity index (χ0n) is 13.0. The van der Waals surface area contributed by atoms with Gasteiger partial charge in [0, 0.05) is 12.1 Å². The second-order valence-corrected chi connectivity index (χ2v) is 5.66. The van der Waals surface area contributed by atoms with Gasteiger partial charge in [-0.25, -0.2) is 0 Å². The Bertz CT molecular complexity index is 664. The number of H-pyrrole nitrogens is 1. The van der Waals surface area contributed by atoms with E-state index in [0.29, 0.717) is 12.3 Å². The summed E-state index contributed by atoms with van der Waals surface area (Å²) in [6.07, 6.45) is 3.88. The van der Waals surface area contributed by atoms with E-state index in [1.165, 1.54) is 19.3 Å². The van der Waals surface area contributed by atoms with Crippen LogP contribution in [0.5, 0.6) is 5.75 Å². The summed E-state index contributed by atoms with van der Waals surface area (Å²) in [5.41, 5.74) is 6.63. The van der Waals surface area contributed by atoms with Gasteiger partial charge in [-0.15, -0.1) is 0 Å². The van der Waals surface area contributed by atoms with Crippen molar-refractivity contribution in [1.82, 2.24) is 20.3 Å². The molecule has 2 aromatic rings. The maximum absolute atomic E-state index is 11.4. The summed E-state index contributed by atoms with van der Waals surface area (Å²) < 4.78 is 5.83. The minimum Gasteiger partial charge on any atom is -0.492 e. The van der Waals surface area contributed by atoms with Crippen LogP contribution in [0, 0.1) is 0 Å². The van der Waals surface area contributed by atoms with Crippen molar-refractivity contribution in [3.63, 3.8) is 0 Å². The fourth-order valence-corrected chi connectivity index (χ4v) is 2.81. The molecule has 7 nitrogen and oxygen atoms in total. The monoisotopic (exact) mass is 315 g/mol. The molecule has 0 atom stereocenters. The van der Waals surface area contributed by atoms with Crippen molar-refractivity contribution in [1.29, 1.82) is 0 Å². The average Bonchev–Trinajstić information content (AvgIpc) is 3.06. The first-order chi connectivity index (χ1) is 11.2. The van der Waals surface area contributed by atoms with Crippen molar-refractivity contribution < 1.29 is 9.53 Å². The number of aromatic nitrogens is 3. The van der Waals surface area contributed by atoms with Gasteiger partial charge < -0.3 is 10.5 Å². The molecule has 1 saturated heterocycles. The van der Waals surface area contributed by atoms with Crippen molar-refractivity contribution in [2.24, 2.45) is 5.73 Å². The van der Waals surface area contributed by atoms with Gasteiger partial charge in [0.25, 0.3) is 5.91 Å². The number of amides is 1. The van der Waals surface area contributed by atoms with Crippen molar-refractivity contribution in [2.75, 3.05) is 26.2 Å². The number of carbonyl (C=O) groups excluding carboxylic acids is 1. The molecule has 0 aliphatic carbocycles. The fraction of sp³-hybridized carbons (Fsp3) is 0.438. The number of hydrogen-bond donors (Lipinski definition) is 2. The summed E-state index contributed by atoms with van der Waals surface area (Å²) >= 11 is 0. The second kappa shape index (κ2) is 7.23. The molecule has 1 amide bonds. The Balaban J connectivity index is 1.63. The van der Waals surface area contributed by atoms with Crippen molar-refractivity contribution in [2.45, 2.75) is 19.3 Å². The van der Waals surface area contributed by atoms with Gasteiger partial charge in [0.15, 0.2) is 5.69 Å². The van der Waals surface area contributed by atoms with Gasteiger partial charge in [-0.1, -0.05) is 18.6 Å². The number of ether oxygens (including phenoxy) is 1. The zero-order chi connectivity index (χ0) is 16.1. The molecule has 0 radical (unpaired) electrons. The topological polar surface area (TPSA) is 97.1 Å². The number of nitrogens with zero attached hydrogens (tertiary/aromatic N) is 3. The predicted molar refractivity (Wildman–Crippen MR) is 86.1 cm³/mol. The highest BCUT2D eigenvalue weighted by atomic mass is 16.5. The molecular weight excluding hydrogens is 294 g/mol. The Morgan fingerprint density at radius 2 is 2.09 bits per heavy atom. The lowest BCUT2D eigenvalue weighted by atomic mass is 10.1. The fourth-order valence-electron chi connectivity index (χ4n) is 2.81. The van der Waals surface area contributed by atoms with E-state index in [0.717, 1.165) is 30.9 Å². The quantitative estimate of drug-likeness (QED) is 0.840. The number of nitrogens with one attached hydrogen (secondary N) is 1. The molecule has 122 valence electrons. The Labute approximate surface area is 134 Å². The third-order valence-corrected chi connectivity index (χ3v) is 4.01. The SMILES string of the molecule is NC(=O)c1n[nH]nc1-c1cccc(OCCN2CCCCC2)c1. The van der Waals surface area contributed by atoms with Crippen LogP contribution in [0.3, 0.4) is 0 Å². The standard InChI is InChI=1S/C16H21N5O2/c17-16(22)15-14(18-20-19-15)12-5-4-6-13(11-12)23-10-9-21-7-2-1-3-8-21/h4-6,11H,1-3,7-10H2,(H2,17,22)(H,18,19,20). The van der Waals surface area contributed by atoms with Gasteiger partial charge in [0.05, 0.1) is 0 Å². The molecule has 2 heterocycles. The molecule has 0 saturated carbocycles. The minimum absolute atomic E-state index is 0.135. The zero-order valence-corrected chi connectivity index (χ0v) is 13.0. The number of aromatic amines is 1. The van der Waals surface area contributed by atoms with Gasteiger partial charge in [-0.3, -0.25) is 9.69 Å². The largest absolute Gasteiger partial charge is 0.492 e. The molecule has 3 rings (SSSR count). The molecule has 0 unspecified atom stereocenters. The number of nitrogens with two attached hydrogens (primary N) is 1. The van der Waals surface area contributed by atoms with Crippen LogP contribution in [-0.2, 0) is 0 Å². The average molecular weight is 315 g/mol. The van der Waals surface area contributed by atoms with Crippen molar-refractivity contribution in [3.05, 3.63) is 30.0 Å². The molecule has 1 aliphatic rings. The first-order valence-electron chi connectivity index (χ1n) is 7.90. The molecule has 0 bridgehead atoms. The smallest absolute Gasteiger partial charge is 0.271 e. The van der Waals surface area contributed by atoms with E-state index in [1.54, 1.807) is 0 Å². The van der Waals surface area contributed by atoms with E-state index in [4.69, 9.17) is 10.5 Å². The number of hydrogen-bond acceptors (Lipinski definition) is 5. The van der Waals surface area contributed by atoms with E-state index in [-0.39, 0.29) is 5.69 Å². The predicted octanol–water partition coefficient (Wildman–Crippen LogP) is 1.44. The minimum atomic E-state index is -0.606. The van der Waals surface area contributed by atoms with Crippen LogP contribution in [0.1, 0.15) is 29.8 Å².